The van der Waals surface area contributed by atoms with Crippen LogP contribution >= 0.6 is 0 Å². The van der Waals surface area contributed by atoms with Crippen molar-refractivity contribution in [1.82, 2.24) is 25.1 Å². The Hall–Kier alpha value is -3.51. The fourth-order valence-corrected chi connectivity index (χ4v) is 3.72. The summed E-state index contributed by atoms with van der Waals surface area (Å²) in [4.78, 5) is 2.25. The van der Waals surface area contributed by atoms with Gasteiger partial charge in [-0.25, -0.2) is 0 Å². The van der Waals surface area contributed by atoms with Crippen LogP contribution in [0.5, 0.6) is 5.75 Å². The Morgan fingerprint density at radius 2 is 1.73 bits per heavy atom. The molecule has 0 radical (unpaired) electrons. The van der Waals surface area contributed by atoms with E-state index in [1.807, 2.05) is 53.2 Å². The number of para-hydroxylation sites is 1. The second-order valence-corrected chi connectivity index (χ2v) is 7.32. The summed E-state index contributed by atoms with van der Waals surface area (Å²) in [6.07, 6.45) is 0. The Morgan fingerprint density at radius 1 is 0.967 bits per heavy atom. The summed E-state index contributed by atoms with van der Waals surface area (Å²) in [5.74, 6) is 1.63. The minimum atomic E-state index is -0.119. The predicted octanol–water partition coefficient (Wildman–Crippen LogP) is 4.20. The average molecular weight is 399 g/mol. The van der Waals surface area contributed by atoms with E-state index in [1.54, 1.807) is 7.11 Å². The highest BCUT2D eigenvalue weighted by Gasteiger charge is 2.26. The van der Waals surface area contributed by atoms with Gasteiger partial charge in [-0.15, -0.1) is 5.10 Å². The molecule has 30 heavy (non-hydrogen) atoms. The maximum absolute atomic E-state index is 5.39. The van der Waals surface area contributed by atoms with Crippen LogP contribution in [0.2, 0.25) is 0 Å². The van der Waals surface area contributed by atoms with Crippen molar-refractivity contribution in [1.29, 1.82) is 0 Å². The molecule has 1 aromatic heterocycles. The number of ether oxygens (including phenoxy) is 1. The average Bonchev–Trinajstić information content (AvgIpc) is 3.24. The molecule has 0 aliphatic carbocycles. The fraction of sp³-hybridized carbons (Fsp3) is 0.208. The second-order valence-electron chi connectivity index (χ2n) is 7.32. The molecule has 0 bridgehead atoms. The lowest BCUT2D eigenvalue weighted by molar-refractivity contribution is 0.258. The third-order valence-corrected chi connectivity index (χ3v) is 5.20. The summed E-state index contributed by atoms with van der Waals surface area (Å²) in [5.41, 5.74) is 4.39. The monoisotopic (exact) mass is 399 g/mol. The summed E-state index contributed by atoms with van der Waals surface area (Å²) in [6.45, 7) is 2.79. The third-order valence-electron chi connectivity index (χ3n) is 5.20. The van der Waals surface area contributed by atoms with Crippen molar-refractivity contribution in [2.24, 2.45) is 0 Å². The SMILES string of the molecule is COc1cccc(CN(C)C(c2ccccc2)c2nnnn2-c2ccccc2C)c1. The molecular formula is C24H25N5O. The lowest BCUT2D eigenvalue weighted by atomic mass is 10.0. The molecule has 1 unspecified atom stereocenters. The van der Waals surface area contributed by atoms with E-state index in [4.69, 9.17) is 4.74 Å². The van der Waals surface area contributed by atoms with Crippen LogP contribution in [0.15, 0.2) is 78.9 Å². The van der Waals surface area contributed by atoms with Gasteiger partial charge in [0, 0.05) is 6.54 Å². The molecule has 4 aromatic rings. The van der Waals surface area contributed by atoms with Crippen molar-refractivity contribution in [2.75, 3.05) is 14.2 Å². The van der Waals surface area contributed by atoms with Gasteiger partial charge in [-0.2, -0.15) is 4.68 Å². The highest BCUT2D eigenvalue weighted by atomic mass is 16.5. The lowest BCUT2D eigenvalue weighted by Gasteiger charge is -2.28. The second kappa shape index (κ2) is 8.88. The quantitative estimate of drug-likeness (QED) is 0.466. The van der Waals surface area contributed by atoms with Gasteiger partial charge < -0.3 is 4.74 Å². The van der Waals surface area contributed by atoms with E-state index in [0.717, 1.165) is 40.5 Å². The largest absolute Gasteiger partial charge is 0.497 e. The minimum Gasteiger partial charge on any atom is -0.497 e. The van der Waals surface area contributed by atoms with Crippen LogP contribution in [0, 0.1) is 6.92 Å². The van der Waals surface area contributed by atoms with E-state index in [0.29, 0.717) is 0 Å². The van der Waals surface area contributed by atoms with Crippen molar-refractivity contribution in [3.05, 3.63) is 101 Å². The van der Waals surface area contributed by atoms with Crippen LogP contribution in [0.4, 0.5) is 0 Å². The fourth-order valence-electron chi connectivity index (χ4n) is 3.72. The number of hydrogen-bond acceptors (Lipinski definition) is 5. The molecule has 0 saturated carbocycles. The van der Waals surface area contributed by atoms with Gasteiger partial charge in [0.05, 0.1) is 18.8 Å². The van der Waals surface area contributed by atoms with E-state index < -0.39 is 0 Å². The van der Waals surface area contributed by atoms with Crippen molar-refractivity contribution < 1.29 is 4.74 Å². The van der Waals surface area contributed by atoms with E-state index >= 15 is 0 Å². The number of tetrazole rings is 1. The van der Waals surface area contributed by atoms with E-state index in [2.05, 4.69) is 64.7 Å². The first kappa shape index (κ1) is 19.8. The number of nitrogens with zero attached hydrogens (tertiary/aromatic N) is 5. The van der Waals surface area contributed by atoms with Crippen LogP contribution in [0.25, 0.3) is 5.69 Å². The maximum atomic E-state index is 5.39. The molecule has 0 spiro atoms. The van der Waals surface area contributed by atoms with Gasteiger partial charge in [-0.3, -0.25) is 4.90 Å². The molecule has 0 amide bonds. The number of hydrogen-bond donors (Lipinski definition) is 0. The molecule has 4 rings (SSSR count). The molecule has 0 aliphatic heterocycles. The summed E-state index contributed by atoms with van der Waals surface area (Å²) >= 11 is 0. The standard InChI is InChI=1S/C24H25N5O/c1-18-10-7-8-15-22(18)29-24(25-26-27-29)23(20-12-5-4-6-13-20)28(2)17-19-11-9-14-21(16-19)30-3/h4-16,23H,17H2,1-3H3. The maximum Gasteiger partial charge on any atom is 0.178 e. The van der Waals surface area contributed by atoms with Crippen LogP contribution < -0.4 is 4.74 Å². The van der Waals surface area contributed by atoms with Crippen molar-refractivity contribution in [2.45, 2.75) is 19.5 Å². The number of aromatic nitrogens is 4. The summed E-state index contributed by atoms with van der Waals surface area (Å²) < 4.78 is 7.23. The molecule has 6 heteroatoms. The van der Waals surface area contributed by atoms with Crippen LogP contribution in [-0.2, 0) is 6.54 Å². The highest BCUT2D eigenvalue weighted by molar-refractivity contribution is 5.41. The number of rotatable bonds is 7. The first-order valence-corrected chi connectivity index (χ1v) is 9.90. The first-order chi connectivity index (χ1) is 14.7. The summed E-state index contributed by atoms with van der Waals surface area (Å²) in [7, 11) is 3.78. The van der Waals surface area contributed by atoms with Gasteiger partial charge in [-0.05, 0) is 59.3 Å². The van der Waals surface area contributed by atoms with Gasteiger partial charge in [0.1, 0.15) is 5.75 Å². The zero-order valence-corrected chi connectivity index (χ0v) is 17.4. The summed E-state index contributed by atoms with van der Waals surface area (Å²) in [6, 6.07) is 26.5. The Labute approximate surface area is 176 Å². The molecule has 6 nitrogen and oxygen atoms in total. The summed E-state index contributed by atoms with van der Waals surface area (Å²) in [5, 5.41) is 12.8. The van der Waals surface area contributed by atoms with Gasteiger partial charge >= 0.3 is 0 Å². The molecule has 0 saturated heterocycles. The van der Waals surface area contributed by atoms with E-state index in [9.17, 15) is 0 Å². The number of aryl methyl sites for hydroxylation is 1. The molecule has 1 heterocycles. The van der Waals surface area contributed by atoms with Crippen LogP contribution in [0.3, 0.4) is 0 Å². The zero-order valence-electron chi connectivity index (χ0n) is 17.4. The number of methoxy groups -OCH3 is 1. The van der Waals surface area contributed by atoms with E-state index in [-0.39, 0.29) is 6.04 Å². The Kier molecular flexibility index (Phi) is 5.86. The lowest BCUT2D eigenvalue weighted by Crippen LogP contribution is -2.28. The van der Waals surface area contributed by atoms with Gasteiger partial charge in [0.2, 0.25) is 0 Å². The smallest absolute Gasteiger partial charge is 0.178 e. The highest BCUT2D eigenvalue weighted by Crippen LogP contribution is 2.29. The van der Waals surface area contributed by atoms with Crippen LogP contribution in [-0.4, -0.2) is 39.3 Å². The normalized spacial score (nSPS) is 12.1. The molecule has 0 fully saturated rings. The van der Waals surface area contributed by atoms with Gasteiger partial charge in [-0.1, -0.05) is 60.7 Å². The van der Waals surface area contributed by atoms with Crippen molar-refractivity contribution in [3.63, 3.8) is 0 Å². The first-order valence-electron chi connectivity index (χ1n) is 9.90. The molecule has 1 atom stereocenters. The topological polar surface area (TPSA) is 56.1 Å². The molecule has 0 aliphatic rings. The zero-order chi connectivity index (χ0) is 20.9. The Bertz CT molecular complexity index is 1110. The van der Waals surface area contributed by atoms with Gasteiger partial charge in [0.25, 0.3) is 0 Å². The number of benzene rings is 3. The third kappa shape index (κ3) is 4.09. The van der Waals surface area contributed by atoms with E-state index in [1.165, 1.54) is 0 Å². The van der Waals surface area contributed by atoms with Crippen molar-refractivity contribution >= 4 is 0 Å². The molecule has 152 valence electrons. The van der Waals surface area contributed by atoms with Crippen molar-refractivity contribution in [3.8, 4) is 11.4 Å². The molecular weight excluding hydrogens is 374 g/mol. The Balaban J connectivity index is 1.75. The molecule has 0 N–H and O–H groups in total. The molecule has 3 aromatic carbocycles. The Morgan fingerprint density at radius 3 is 2.50 bits per heavy atom. The van der Waals surface area contributed by atoms with Gasteiger partial charge in [0.15, 0.2) is 5.82 Å². The van der Waals surface area contributed by atoms with Crippen LogP contribution in [0.1, 0.15) is 28.6 Å². The predicted molar refractivity (Wildman–Crippen MR) is 117 cm³/mol. The minimum absolute atomic E-state index is 0.119.